The van der Waals surface area contributed by atoms with Crippen LogP contribution >= 0.6 is 12.4 Å². The molecule has 100 valence electrons. The molecule has 0 aromatic rings. The maximum absolute atomic E-state index is 11.7. The average Bonchev–Trinajstić information content (AvgIpc) is 3.00. The van der Waals surface area contributed by atoms with E-state index >= 15 is 0 Å². The summed E-state index contributed by atoms with van der Waals surface area (Å²) in [6.07, 6.45) is 3.64. The molecule has 1 rings (SSSR count). The maximum atomic E-state index is 11.7. The summed E-state index contributed by atoms with van der Waals surface area (Å²) in [6, 6.07) is -0.149. The Hall–Kier alpha value is -0.810. The summed E-state index contributed by atoms with van der Waals surface area (Å²) in [4.78, 5) is 24.5. The molecule has 6 heteroatoms. The standard InChI is InChI=1S/C11H21N3O2.ClH/c1-3-4-9(12)11(16)14(2)7-10(15)13-8-5-6-8;/h8-9H,3-7,12H2,1-2H3,(H,13,15);1H. The summed E-state index contributed by atoms with van der Waals surface area (Å²) in [5, 5.41) is 2.84. The van der Waals surface area contributed by atoms with Gasteiger partial charge in [0.15, 0.2) is 0 Å². The molecule has 1 fully saturated rings. The number of carbonyl (C=O) groups is 2. The number of amides is 2. The fourth-order valence-corrected chi connectivity index (χ4v) is 1.51. The minimum Gasteiger partial charge on any atom is -0.352 e. The van der Waals surface area contributed by atoms with Crippen molar-refractivity contribution in [3.8, 4) is 0 Å². The molecule has 0 aromatic carbocycles. The van der Waals surface area contributed by atoms with Crippen LogP contribution in [0, 0.1) is 0 Å². The highest BCUT2D eigenvalue weighted by Gasteiger charge is 2.25. The van der Waals surface area contributed by atoms with Crippen LogP contribution in [0.25, 0.3) is 0 Å². The number of nitrogens with zero attached hydrogens (tertiary/aromatic N) is 1. The van der Waals surface area contributed by atoms with Gasteiger partial charge in [-0.15, -0.1) is 12.4 Å². The lowest BCUT2D eigenvalue weighted by Crippen LogP contribution is -2.46. The molecular formula is C11H22ClN3O2. The molecule has 0 aromatic heterocycles. The monoisotopic (exact) mass is 263 g/mol. The van der Waals surface area contributed by atoms with Gasteiger partial charge in [0.2, 0.25) is 11.8 Å². The van der Waals surface area contributed by atoms with Crippen LogP contribution in [0.5, 0.6) is 0 Å². The lowest BCUT2D eigenvalue weighted by molar-refractivity contribution is -0.135. The smallest absolute Gasteiger partial charge is 0.239 e. The Labute approximate surface area is 109 Å². The third-order valence-corrected chi connectivity index (χ3v) is 2.62. The zero-order valence-electron chi connectivity index (χ0n) is 10.4. The third kappa shape index (κ3) is 5.89. The largest absolute Gasteiger partial charge is 0.352 e. The lowest BCUT2D eigenvalue weighted by atomic mass is 10.1. The Morgan fingerprint density at radius 2 is 2.06 bits per heavy atom. The summed E-state index contributed by atoms with van der Waals surface area (Å²) < 4.78 is 0. The first-order chi connectivity index (χ1) is 7.54. The van der Waals surface area contributed by atoms with Crippen LogP contribution < -0.4 is 11.1 Å². The molecule has 0 aliphatic heterocycles. The molecule has 17 heavy (non-hydrogen) atoms. The van der Waals surface area contributed by atoms with Crippen molar-refractivity contribution < 1.29 is 9.59 Å². The molecular weight excluding hydrogens is 242 g/mol. The van der Waals surface area contributed by atoms with Crippen molar-refractivity contribution in [1.29, 1.82) is 0 Å². The molecule has 0 heterocycles. The van der Waals surface area contributed by atoms with Gasteiger partial charge >= 0.3 is 0 Å². The number of halogens is 1. The third-order valence-electron chi connectivity index (χ3n) is 2.62. The fraction of sp³-hybridized carbons (Fsp3) is 0.818. The predicted octanol–water partition coefficient (Wildman–Crippen LogP) is 0.273. The second-order valence-corrected chi connectivity index (χ2v) is 4.43. The fourth-order valence-electron chi connectivity index (χ4n) is 1.51. The molecule has 1 aliphatic rings. The molecule has 2 amide bonds. The summed E-state index contributed by atoms with van der Waals surface area (Å²) in [5.74, 6) is -0.255. The Morgan fingerprint density at radius 3 is 2.53 bits per heavy atom. The van der Waals surface area contributed by atoms with Crippen molar-refractivity contribution in [2.24, 2.45) is 5.73 Å². The van der Waals surface area contributed by atoms with Gasteiger partial charge in [-0.05, 0) is 19.3 Å². The van der Waals surface area contributed by atoms with E-state index in [9.17, 15) is 9.59 Å². The molecule has 0 spiro atoms. The zero-order chi connectivity index (χ0) is 12.1. The van der Waals surface area contributed by atoms with Gasteiger partial charge in [-0.1, -0.05) is 13.3 Å². The van der Waals surface area contributed by atoms with E-state index in [-0.39, 0.29) is 30.8 Å². The highest BCUT2D eigenvalue weighted by atomic mass is 35.5. The average molecular weight is 264 g/mol. The Balaban J connectivity index is 0.00000256. The number of nitrogens with two attached hydrogens (primary N) is 1. The molecule has 1 saturated carbocycles. The quantitative estimate of drug-likeness (QED) is 0.722. The van der Waals surface area contributed by atoms with Gasteiger partial charge in [0.1, 0.15) is 0 Å². The van der Waals surface area contributed by atoms with Crippen LogP contribution in [-0.4, -0.2) is 42.4 Å². The van der Waals surface area contributed by atoms with Gasteiger partial charge in [-0.2, -0.15) is 0 Å². The van der Waals surface area contributed by atoms with Crippen LogP contribution in [0.2, 0.25) is 0 Å². The van der Waals surface area contributed by atoms with Crippen LogP contribution in [0.1, 0.15) is 32.6 Å². The summed E-state index contributed by atoms with van der Waals surface area (Å²) >= 11 is 0. The maximum Gasteiger partial charge on any atom is 0.239 e. The molecule has 3 N–H and O–H groups in total. The minimum absolute atomic E-state index is 0. The number of likely N-dealkylation sites (N-methyl/N-ethyl adjacent to an activating group) is 1. The first kappa shape index (κ1) is 16.2. The second kappa shape index (κ2) is 7.50. The van der Waals surface area contributed by atoms with Crippen molar-refractivity contribution in [3.63, 3.8) is 0 Å². The number of hydrogen-bond acceptors (Lipinski definition) is 3. The van der Waals surface area contributed by atoms with Crippen molar-refractivity contribution >= 4 is 24.2 Å². The molecule has 0 saturated heterocycles. The Kier molecular flexibility index (Phi) is 7.15. The number of carbonyl (C=O) groups excluding carboxylic acids is 2. The number of nitrogens with one attached hydrogen (secondary N) is 1. The normalized spacial score (nSPS) is 15.7. The van der Waals surface area contributed by atoms with Gasteiger partial charge in [0, 0.05) is 13.1 Å². The number of hydrogen-bond donors (Lipinski definition) is 2. The highest BCUT2D eigenvalue weighted by molar-refractivity contribution is 5.87. The van der Waals surface area contributed by atoms with E-state index in [1.165, 1.54) is 4.90 Å². The van der Waals surface area contributed by atoms with Gasteiger partial charge in [0.25, 0.3) is 0 Å². The topological polar surface area (TPSA) is 75.4 Å². The zero-order valence-corrected chi connectivity index (χ0v) is 11.3. The first-order valence-corrected chi connectivity index (χ1v) is 5.84. The van der Waals surface area contributed by atoms with Gasteiger partial charge in [-0.3, -0.25) is 9.59 Å². The van der Waals surface area contributed by atoms with Crippen LogP contribution in [0.15, 0.2) is 0 Å². The van der Waals surface area contributed by atoms with E-state index in [1.54, 1.807) is 7.05 Å². The number of rotatable bonds is 6. The molecule has 1 aliphatic carbocycles. The van der Waals surface area contributed by atoms with Gasteiger partial charge < -0.3 is 16.0 Å². The van der Waals surface area contributed by atoms with E-state index in [0.717, 1.165) is 19.3 Å². The Bertz CT molecular complexity index is 269. The Morgan fingerprint density at radius 1 is 1.47 bits per heavy atom. The van der Waals surface area contributed by atoms with Crippen molar-refractivity contribution in [3.05, 3.63) is 0 Å². The van der Waals surface area contributed by atoms with Crippen molar-refractivity contribution in [2.45, 2.75) is 44.7 Å². The summed E-state index contributed by atoms with van der Waals surface area (Å²) in [5.41, 5.74) is 5.70. The molecule has 0 bridgehead atoms. The second-order valence-electron chi connectivity index (χ2n) is 4.43. The molecule has 5 nitrogen and oxygen atoms in total. The van der Waals surface area contributed by atoms with Crippen molar-refractivity contribution in [1.82, 2.24) is 10.2 Å². The first-order valence-electron chi connectivity index (χ1n) is 5.84. The molecule has 0 radical (unpaired) electrons. The highest BCUT2D eigenvalue weighted by Crippen LogP contribution is 2.18. The van der Waals surface area contributed by atoms with E-state index in [0.29, 0.717) is 12.5 Å². The van der Waals surface area contributed by atoms with Gasteiger partial charge in [0.05, 0.1) is 12.6 Å². The SMILES string of the molecule is CCCC(N)C(=O)N(C)CC(=O)NC1CC1.Cl. The lowest BCUT2D eigenvalue weighted by Gasteiger charge is -2.20. The van der Waals surface area contributed by atoms with Crippen LogP contribution in [0.4, 0.5) is 0 Å². The van der Waals surface area contributed by atoms with Gasteiger partial charge in [-0.25, -0.2) is 0 Å². The summed E-state index contributed by atoms with van der Waals surface area (Å²) in [7, 11) is 1.62. The van der Waals surface area contributed by atoms with E-state index in [1.807, 2.05) is 6.92 Å². The van der Waals surface area contributed by atoms with Crippen molar-refractivity contribution in [2.75, 3.05) is 13.6 Å². The minimum atomic E-state index is -0.483. The van der Waals surface area contributed by atoms with E-state index < -0.39 is 6.04 Å². The molecule has 1 atom stereocenters. The van der Waals surface area contributed by atoms with E-state index in [2.05, 4.69) is 5.32 Å². The van der Waals surface area contributed by atoms with E-state index in [4.69, 9.17) is 5.73 Å². The molecule has 1 unspecified atom stereocenters. The summed E-state index contributed by atoms with van der Waals surface area (Å²) in [6.45, 7) is 2.08. The van der Waals surface area contributed by atoms with Crippen LogP contribution in [-0.2, 0) is 9.59 Å². The predicted molar refractivity (Wildman–Crippen MR) is 68.9 cm³/mol. The van der Waals surface area contributed by atoms with Crippen LogP contribution in [0.3, 0.4) is 0 Å².